The van der Waals surface area contributed by atoms with E-state index in [9.17, 15) is 4.79 Å². The smallest absolute Gasteiger partial charge is 0.407 e. The molecule has 0 radical (unpaired) electrons. The number of amides is 1. The Balaban J connectivity index is 3.10. The standard InChI is InChI=1S/C13H23NO4/c1-3-5-10-18-13(15)14-7-6-9-17-12-11-16-8-4-2/h2H,3,5-12H2,1H3,(H,14,15). The highest BCUT2D eigenvalue weighted by molar-refractivity contribution is 5.66. The fraction of sp³-hybridized carbons (Fsp3) is 0.769. The van der Waals surface area contributed by atoms with Crippen LogP contribution in [0.1, 0.15) is 26.2 Å². The van der Waals surface area contributed by atoms with Gasteiger partial charge in [0.05, 0.1) is 19.8 Å². The number of carbonyl (C=O) groups is 1. The molecule has 5 nitrogen and oxygen atoms in total. The molecule has 0 aromatic rings. The normalized spacial score (nSPS) is 9.78. The zero-order valence-electron chi connectivity index (χ0n) is 11.1. The van der Waals surface area contributed by atoms with Crippen LogP contribution in [0.4, 0.5) is 4.79 Å². The van der Waals surface area contributed by atoms with Gasteiger partial charge in [-0.2, -0.15) is 0 Å². The number of hydrogen-bond acceptors (Lipinski definition) is 4. The molecule has 0 aromatic carbocycles. The molecule has 18 heavy (non-hydrogen) atoms. The van der Waals surface area contributed by atoms with Gasteiger partial charge in [-0.05, 0) is 12.8 Å². The maximum atomic E-state index is 11.1. The summed E-state index contributed by atoms with van der Waals surface area (Å²) in [5.74, 6) is 2.37. The van der Waals surface area contributed by atoms with Crippen LogP contribution in [0.5, 0.6) is 0 Å². The Morgan fingerprint density at radius 1 is 1.17 bits per heavy atom. The molecule has 0 saturated heterocycles. The molecule has 0 aliphatic rings. The SMILES string of the molecule is C#CCOCCOCCCNC(=O)OCCCC. The quantitative estimate of drug-likeness (QED) is 0.451. The summed E-state index contributed by atoms with van der Waals surface area (Å²) in [6.07, 6.45) is 7.31. The van der Waals surface area contributed by atoms with Gasteiger partial charge in [0.15, 0.2) is 0 Å². The summed E-state index contributed by atoms with van der Waals surface area (Å²) < 4.78 is 15.2. The van der Waals surface area contributed by atoms with Crippen molar-refractivity contribution in [3.05, 3.63) is 0 Å². The molecular formula is C13H23NO4. The largest absolute Gasteiger partial charge is 0.450 e. The van der Waals surface area contributed by atoms with Crippen molar-refractivity contribution in [1.29, 1.82) is 0 Å². The number of unbranched alkanes of at least 4 members (excludes halogenated alkanes) is 1. The molecular weight excluding hydrogens is 234 g/mol. The number of nitrogens with one attached hydrogen (secondary N) is 1. The van der Waals surface area contributed by atoms with Gasteiger partial charge in [-0.3, -0.25) is 0 Å². The molecule has 1 N–H and O–H groups in total. The Kier molecular flexibility index (Phi) is 12.9. The average molecular weight is 257 g/mol. The number of rotatable bonds is 11. The van der Waals surface area contributed by atoms with Crippen LogP contribution in [0.15, 0.2) is 0 Å². The lowest BCUT2D eigenvalue weighted by atomic mass is 10.4. The van der Waals surface area contributed by atoms with Gasteiger partial charge in [-0.15, -0.1) is 6.42 Å². The fourth-order valence-corrected chi connectivity index (χ4v) is 1.08. The first-order chi connectivity index (χ1) is 8.81. The first kappa shape index (κ1) is 16.8. The molecule has 0 aromatic heterocycles. The highest BCUT2D eigenvalue weighted by Gasteiger charge is 1.99. The Bertz CT molecular complexity index is 238. The Labute approximate surface area is 109 Å². The Morgan fingerprint density at radius 3 is 2.67 bits per heavy atom. The lowest BCUT2D eigenvalue weighted by Crippen LogP contribution is -2.26. The van der Waals surface area contributed by atoms with Crippen LogP contribution in [-0.2, 0) is 14.2 Å². The third-order valence-electron chi connectivity index (χ3n) is 2.02. The highest BCUT2D eigenvalue weighted by atomic mass is 16.5. The number of carbonyl (C=O) groups excluding carboxylic acids is 1. The molecule has 0 rings (SSSR count). The van der Waals surface area contributed by atoms with Crippen LogP contribution in [0.2, 0.25) is 0 Å². The van der Waals surface area contributed by atoms with Crippen molar-refractivity contribution in [3.63, 3.8) is 0 Å². The second-order valence-electron chi connectivity index (χ2n) is 3.64. The third-order valence-corrected chi connectivity index (χ3v) is 2.02. The summed E-state index contributed by atoms with van der Waals surface area (Å²) in [7, 11) is 0. The molecule has 0 fully saturated rings. The van der Waals surface area contributed by atoms with E-state index in [0.29, 0.717) is 39.6 Å². The van der Waals surface area contributed by atoms with Crippen molar-refractivity contribution in [2.75, 3.05) is 39.6 Å². The van der Waals surface area contributed by atoms with Crippen LogP contribution in [0.25, 0.3) is 0 Å². The minimum atomic E-state index is -0.360. The van der Waals surface area contributed by atoms with E-state index in [0.717, 1.165) is 19.3 Å². The lowest BCUT2D eigenvalue weighted by Gasteiger charge is -2.07. The monoisotopic (exact) mass is 257 g/mol. The van der Waals surface area contributed by atoms with Gasteiger partial charge in [-0.1, -0.05) is 19.3 Å². The summed E-state index contributed by atoms with van der Waals surface area (Å²) in [5.41, 5.74) is 0. The number of ether oxygens (including phenoxy) is 3. The van der Waals surface area contributed by atoms with Gasteiger partial charge in [0.2, 0.25) is 0 Å². The van der Waals surface area contributed by atoms with Crippen molar-refractivity contribution in [2.24, 2.45) is 0 Å². The number of alkyl carbamates (subject to hydrolysis) is 1. The Hall–Kier alpha value is -1.25. The number of terminal acetylenes is 1. The lowest BCUT2D eigenvalue weighted by molar-refractivity contribution is 0.0589. The van der Waals surface area contributed by atoms with E-state index in [-0.39, 0.29) is 6.09 Å². The third kappa shape index (κ3) is 12.8. The molecule has 0 heterocycles. The van der Waals surface area contributed by atoms with Crippen LogP contribution in [0, 0.1) is 12.3 Å². The zero-order chi connectivity index (χ0) is 13.5. The maximum absolute atomic E-state index is 11.1. The molecule has 0 spiro atoms. The highest BCUT2D eigenvalue weighted by Crippen LogP contribution is 1.89. The molecule has 0 saturated carbocycles. The van der Waals surface area contributed by atoms with Gasteiger partial charge >= 0.3 is 6.09 Å². The average Bonchev–Trinajstić information content (AvgIpc) is 2.37. The zero-order valence-corrected chi connectivity index (χ0v) is 11.1. The molecule has 0 aliphatic heterocycles. The number of hydrogen-bond donors (Lipinski definition) is 1. The van der Waals surface area contributed by atoms with Crippen molar-refractivity contribution < 1.29 is 19.0 Å². The predicted octanol–water partition coefficient (Wildman–Crippen LogP) is 1.57. The van der Waals surface area contributed by atoms with Crippen LogP contribution < -0.4 is 5.32 Å². The van der Waals surface area contributed by atoms with Gasteiger partial charge in [0.25, 0.3) is 0 Å². The van der Waals surface area contributed by atoms with Crippen molar-refractivity contribution in [2.45, 2.75) is 26.2 Å². The molecule has 0 unspecified atom stereocenters. The van der Waals surface area contributed by atoms with E-state index in [4.69, 9.17) is 20.6 Å². The van der Waals surface area contributed by atoms with E-state index >= 15 is 0 Å². The molecule has 0 atom stereocenters. The topological polar surface area (TPSA) is 56.8 Å². The summed E-state index contributed by atoms with van der Waals surface area (Å²) in [6.45, 7) is 4.98. The first-order valence-corrected chi connectivity index (χ1v) is 6.30. The summed E-state index contributed by atoms with van der Waals surface area (Å²) in [4.78, 5) is 11.1. The molecule has 0 aliphatic carbocycles. The summed E-state index contributed by atoms with van der Waals surface area (Å²) in [6, 6.07) is 0. The molecule has 0 bridgehead atoms. The first-order valence-electron chi connectivity index (χ1n) is 6.30. The van der Waals surface area contributed by atoms with Crippen LogP contribution in [0.3, 0.4) is 0 Å². The summed E-state index contributed by atoms with van der Waals surface area (Å²) >= 11 is 0. The minimum absolute atomic E-state index is 0.314. The van der Waals surface area contributed by atoms with E-state index in [1.54, 1.807) is 0 Å². The van der Waals surface area contributed by atoms with Gasteiger partial charge in [0, 0.05) is 13.2 Å². The predicted molar refractivity (Wildman–Crippen MR) is 69.3 cm³/mol. The van der Waals surface area contributed by atoms with Gasteiger partial charge in [-0.25, -0.2) is 4.79 Å². The molecule has 1 amide bonds. The van der Waals surface area contributed by atoms with Crippen LogP contribution >= 0.6 is 0 Å². The molecule has 104 valence electrons. The minimum Gasteiger partial charge on any atom is -0.450 e. The van der Waals surface area contributed by atoms with Crippen molar-refractivity contribution in [1.82, 2.24) is 5.32 Å². The van der Waals surface area contributed by atoms with Crippen molar-refractivity contribution in [3.8, 4) is 12.3 Å². The summed E-state index contributed by atoms with van der Waals surface area (Å²) in [5, 5.41) is 2.65. The van der Waals surface area contributed by atoms with E-state index < -0.39 is 0 Å². The Morgan fingerprint density at radius 2 is 1.94 bits per heavy atom. The van der Waals surface area contributed by atoms with E-state index in [1.807, 2.05) is 6.92 Å². The molecule has 5 heteroatoms. The van der Waals surface area contributed by atoms with Gasteiger partial charge < -0.3 is 19.5 Å². The van der Waals surface area contributed by atoms with E-state index in [2.05, 4.69) is 11.2 Å². The van der Waals surface area contributed by atoms with Crippen LogP contribution in [-0.4, -0.2) is 45.7 Å². The van der Waals surface area contributed by atoms with E-state index in [1.165, 1.54) is 0 Å². The maximum Gasteiger partial charge on any atom is 0.407 e. The fourth-order valence-electron chi connectivity index (χ4n) is 1.08. The van der Waals surface area contributed by atoms with Gasteiger partial charge in [0.1, 0.15) is 6.61 Å². The van der Waals surface area contributed by atoms with Crippen molar-refractivity contribution >= 4 is 6.09 Å². The second-order valence-corrected chi connectivity index (χ2v) is 3.64. The second kappa shape index (κ2) is 13.8.